The van der Waals surface area contributed by atoms with Gasteiger partial charge in [0.15, 0.2) is 9.84 Å². The first kappa shape index (κ1) is 15.7. The molecule has 2 aliphatic heterocycles. The zero-order chi connectivity index (χ0) is 16.1. The summed E-state index contributed by atoms with van der Waals surface area (Å²) in [6.07, 6.45) is 2.92. The molecule has 22 heavy (non-hydrogen) atoms. The standard InChI is InChI=1S/C14H18ClN3O3S/c1-17(2)12-8-22(20,21)13-7-18(6-11(12)13)14(19)9-3-10(15)5-16-4-9/h3-5,11-13H,6-8H2,1-2H3/t11-,12+,13-/m0/s1. The molecule has 3 heterocycles. The topological polar surface area (TPSA) is 70.6 Å². The number of rotatable bonds is 2. The average molecular weight is 344 g/mol. The normalized spacial score (nSPS) is 29.8. The molecule has 0 saturated carbocycles. The van der Waals surface area contributed by atoms with Crippen LogP contribution >= 0.6 is 11.6 Å². The Labute approximate surface area is 135 Å². The van der Waals surface area contributed by atoms with Gasteiger partial charge in [-0.3, -0.25) is 9.78 Å². The zero-order valence-corrected chi connectivity index (χ0v) is 14.0. The molecule has 0 unspecified atom stereocenters. The van der Waals surface area contributed by atoms with Crippen LogP contribution in [0, 0.1) is 5.92 Å². The first-order chi connectivity index (χ1) is 10.3. The molecule has 3 rings (SSSR count). The van der Waals surface area contributed by atoms with Crippen LogP contribution in [0.1, 0.15) is 10.4 Å². The minimum atomic E-state index is -3.15. The van der Waals surface area contributed by atoms with Crippen molar-refractivity contribution in [2.75, 3.05) is 32.9 Å². The average Bonchev–Trinajstić information content (AvgIpc) is 2.98. The highest BCUT2D eigenvalue weighted by Crippen LogP contribution is 2.36. The Morgan fingerprint density at radius 2 is 2.09 bits per heavy atom. The maximum atomic E-state index is 12.5. The summed E-state index contributed by atoms with van der Waals surface area (Å²) in [7, 11) is 0.614. The van der Waals surface area contributed by atoms with Crippen molar-refractivity contribution in [3.05, 3.63) is 29.0 Å². The Morgan fingerprint density at radius 3 is 2.73 bits per heavy atom. The van der Waals surface area contributed by atoms with E-state index in [0.29, 0.717) is 17.1 Å². The van der Waals surface area contributed by atoms with Crippen molar-refractivity contribution in [3.63, 3.8) is 0 Å². The quantitative estimate of drug-likeness (QED) is 0.783. The monoisotopic (exact) mass is 343 g/mol. The van der Waals surface area contributed by atoms with Gasteiger partial charge in [0.2, 0.25) is 0 Å². The highest BCUT2D eigenvalue weighted by atomic mass is 35.5. The molecule has 0 bridgehead atoms. The van der Waals surface area contributed by atoms with E-state index < -0.39 is 15.1 Å². The Bertz CT molecular complexity index is 707. The number of nitrogens with zero attached hydrogens (tertiary/aromatic N) is 3. The van der Waals surface area contributed by atoms with Gasteiger partial charge in [0.25, 0.3) is 5.91 Å². The molecule has 1 aromatic heterocycles. The molecule has 2 aliphatic rings. The Hall–Kier alpha value is -1.18. The van der Waals surface area contributed by atoms with Crippen LogP contribution in [-0.4, -0.2) is 73.3 Å². The molecule has 0 aliphatic carbocycles. The molecular formula is C14H18ClN3O3S. The Balaban J connectivity index is 1.84. The van der Waals surface area contributed by atoms with Crippen LogP contribution in [0.4, 0.5) is 0 Å². The van der Waals surface area contributed by atoms with E-state index in [9.17, 15) is 13.2 Å². The highest BCUT2D eigenvalue weighted by Gasteiger charge is 2.53. The number of carbonyl (C=O) groups is 1. The van der Waals surface area contributed by atoms with Gasteiger partial charge in [0.05, 0.1) is 21.6 Å². The molecule has 3 atom stereocenters. The molecule has 0 aromatic carbocycles. The number of hydrogen-bond donors (Lipinski definition) is 0. The number of sulfone groups is 1. The second kappa shape index (κ2) is 5.47. The summed E-state index contributed by atoms with van der Waals surface area (Å²) < 4.78 is 24.6. The third-order valence-corrected chi connectivity index (χ3v) is 7.00. The molecule has 1 amide bonds. The van der Waals surface area contributed by atoms with Crippen LogP contribution in [-0.2, 0) is 9.84 Å². The smallest absolute Gasteiger partial charge is 0.255 e. The number of hydrogen-bond acceptors (Lipinski definition) is 5. The van der Waals surface area contributed by atoms with E-state index in [1.807, 2.05) is 19.0 Å². The van der Waals surface area contributed by atoms with E-state index in [1.54, 1.807) is 11.0 Å². The lowest BCUT2D eigenvalue weighted by Crippen LogP contribution is -2.38. The third-order valence-electron chi connectivity index (χ3n) is 4.57. The van der Waals surface area contributed by atoms with E-state index in [-0.39, 0.29) is 30.2 Å². The highest BCUT2D eigenvalue weighted by molar-refractivity contribution is 7.92. The summed E-state index contributed by atoms with van der Waals surface area (Å²) in [5, 5.41) is -0.0694. The van der Waals surface area contributed by atoms with Crippen LogP contribution in [0.25, 0.3) is 0 Å². The van der Waals surface area contributed by atoms with Crippen molar-refractivity contribution in [2.45, 2.75) is 11.3 Å². The summed E-state index contributed by atoms with van der Waals surface area (Å²) >= 11 is 5.87. The van der Waals surface area contributed by atoms with Crippen molar-refractivity contribution < 1.29 is 13.2 Å². The molecule has 0 radical (unpaired) electrons. The van der Waals surface area contributed by atoms with Crippen LogP contribution in [0.3, 0.4) is 0 Å². The van der Waals surface area contributed by atoms with Crippen LogP contribution in [0.2, 0.25) is 5.02 Å². The fourth-order valence-corrected chi connectivity index (χ4v) is 6.09. The number of halogens is 1. The van der Waals surface area contributed by atoms with Gasteiger partial charge in [-0.15, -0.1) is 0 Å². The number of aromatic nitrogens is 1. The van der Waals surface area contributed by atoms with Gasteiger partial charge >= 0.3 is 0 Å². The van der Waals surface area contributed by atoms with Crippen molar-refractivity contribution in [3.8, 4) is 0 Å². The minimum Gasteiger partial charge on any atom is -0.337 e. The molecule has 6 nitrogen and oxygen atoms in total. The van der Waals surface area contributed by atoms with Crippen molar-refractivity contribution in [2.24, 2.45) is 5.92 Å². The lowest BCUT2D eigenvalue weighted by Gasteiger charge is -2.25. The predicted octanol–water partition coefficient (Wildman–Crippen LogP) is 0.534. The van der Waals surface area contributed by atoms with Crippen molar-refractivity contribution >= 4 is 27.3 Å². The summed E-state index contributed by atoms with van der Waals surface area (Å²) in [5.74, 6) is -0.0657. The largest absolute Gasteiger partial charge is 0.337 e. The van der Waals surface area contributed by atoms with E-state index >= 15 is 0 Å². The van der Waals surface area contributed by atoms with Crippen molar-refractivity contribution in [1.29, 1.82) is 0 Å². The van der Waals surface area contributed by atoms with Crippen molar-refractivity contribution in [1.82, 2.24) is 14.8 Å². The Morgan fingerprint density at radius 1 is 1.36 bits per heavy atom. The number of fused-ring (bicyclic) bond motifs is 1. The van der Waals surface area contributed by atoms with Gasteiger partial charge in [-0.25, -0.2) is 8.42 Å². The third kappa shape index (κ3) is 2.61. The first-order valence-electron chi connectivity index (χ1n) is 7.07. The molecule has 2 saturated heterocycles. The summed E-state index contributed by atoms with van der Waals surface area (Å²) in [4.78, 5) is 20.0. The van der Waals surface area contributed by atoms with E-state index in [2.05, 4.69) is 4.98 Å². The van der Waals surface area contributed by atoms with Crippen LogP contribution in [0.15, 0.2) is 18.5 Å². The maximum absolute atomic E-state index is 12.5. The van der Waals surface area contributed by atoms with E-state index in [1.165, 1.54) is 12.4 Å². The molecule has 1 aromatic rings. The Kier molecular flexibility index (Phi) is 3.91. The number of likely N-dealkylation sites (tertiary alicyclic amines) is 1. The molecule has 2 fully saturated rings. The summed E-state index contributed by atoms with van der Waals surface area (Å²) in [6, 6.07) is 1.52. The van der Waals surface area contributed by atoms with Gasteiger partial charge in [0.1, 0.15) is 0 Å². The lowest BCUT2D eigenvalue weighted by molar-refractivity contribution is 0.0779. The number of pyridine rings is 1. The summed E-state index contributed by atoms with van der Waals surface area (Å²) in [6.45, 7) is 0.709. The zero-order valence-electron chi connectivity index (χ0n) is 12.4. The lowest BCUT2D eigenvalue weighted by atomic mass is 10.00. The molecular weight excluding hydrogens is 326 g/mol. The number of carbonyl (C=O) groups excluding carboxylic acids is 1. The SMILES string of the molecule is CN(C)[C@@H]1CS(=O)(=O)[C@H]2CN(C(=O)c3cncc(Cl)c3)C[C@@H]12. The molecule has 8 heteroatoms. The van der Waals surface area contributed by atoms with Crippen LogP contribution in [0.5, 0.6) is 0 Å². The second-order valence-corrected chi connectivity index (χ2v) is 8.87. The van der Waals surface area contributed by atoms with E-state index in [0.717, 1.165) is 0 Å². The van der Waals surface area contributed by atoms with Gasteiger partial charge in [0, 0.05) is 37.4 Å². The number of amides is 1. The molecule has 0 N–H and O–H groups in total. The predicted molar refractivity (Wildman–Crippen MR) is 83.7 cm³/mol. The fourth-order valence-electron chi connectivity index (χ4n) is 3.44. The van der Waals surface area contributed by atoms with E-state index in [4.69, 9.17) is 11.6 Å². The maximum Gasteiger partial charge on any atom is 0.255 e. The first-order valence-corrected chi connectivity index (χ1v) is 9.17. The van der Waals surface area contributed by atoms with Gasteiger partial charge in [-0.05, 0) is 20.2 Å². The second-order valence-electron chi connectivity index (χ2n) is 6.16. The minimum absolute atomic E-state index is 0.0314. The van der Waals surface area contributed by atoms with Gasteiger partial charge in [-0.1, -0.05) is 11.6 Å². The van der Waals surface area contributed by atoms with Gasteiger partial charge in [-0.2, -0.15) is 0 Å². The molecule has 120 valence electrons. The van der Waals surface area contributed by atoms with Crippen LogP contribution < -0.4 is 0 Å². The molecule has 0 spiro atoms. The summed E-state index contributed by atoms with van der Waals surface area (Å²) in [5.41, 5.74) is 0.395. The fraction of sp³-hybridized carbons (Fsp3) is 0.571. The van der Waals surface area contributed by atoms with Gasteiger partial charge < -0.3 is 9.80 Å².